The van der Waals surface area contributed by atoms with E-state index in [1.54, 1.807) is 0 Å². The van der Waals surface area contributed by atoms with Crippen molar-refractivity contribution in [2.24, 2.45) is 11.8 Å². The standard InChI is InChI=1S/C16H21N5/c1-2-8-15(9-3-1)21-16(17-18-19-21)20-11-10-13-6-4-5-7-14(13)12-20/h1-3,8-9,13-14H,4-7,10-12H2/t13-,14+/m0/s1. The summed E-state index contributed by atoms with van der Waals surface area (Å²) in [5, 5.41) is 12.4. The molecule has 1 aliphatic heterocycles. The molecule has 2 atom stereocenters. The number of para-hydroxylation sites is 1. The Labute approximate surface area is 125 Å². The molecule has 2 fully saturated rings. The molecule has 2 heterocycles. The van der Waals surface area contributed by atoms with Crippen LogP contribution in [-0.2, 0) is 0 Å². The summed E-state index contributed by atoms with van der Waals surface area (Å²) in [5.41, 5.74) is 1.03. The van der Waals surface area contributed by atoms with Gasteiger partial charge in [-0.3, -0.25) is 0 Å². The van der Waals surface area contributed by atoms with Gasteiger partial charge in [-0.15, -0.1) is 0 Å². The summed E-state index contributed by atoms with van der Waals surface area (Å²) in [6.07, 6.45) is 6.88. The van der Waals surface area contributed by atoms with E-state index in [0.29, 0.717) is 0 Å². The molecule has 5 heteroatoms. The van der Waals surface area contributed by atoms with Gasteiger partial charge < -0.3 is 4.90 Å². The quantitative estimate of drug-likeness (QED) is 0.850. The third kappa shape index (κ3) is 2.41. The van der Waals surface area contributed by atoms with Gasteiger partial charge in [0.25, 0.3) is 0 Å². The van der Waals surface area contributed by atoms with Gasteiger partial charge in [-0.05, 0) is 47.2 Å². The molecule has 5 nitrogen and oxygen atoms in total. The first kappa shape index (κ1) is 12.8. The molecule has 21 heavy (non-hydrogen) atoms. The molecule has 1 aromatic heterocycles. The summed E-state index contributed by atoms with van der Waals surface area (Å²) in [5.74, 6) is 2.65. The van der Waals surface area contributed by atoms with E-state index in [4.69, 9.17) is 0 Å². The van der Waals surface area contributed by atoms with Crippen molar-refractivity contribution in [3.63, 3.8) is 0 Å². The van der Waals surface area contributed by atoms with E-state index in [1.807, 2.05) is 35.0 Å². The van der Waals surface area contributed by atoms with Crippen LogP contribution in [0.1, 0.15) is 32.1 Å². The second-order valence-electron chi connectivity index (χ2n) is 6.27. The molecule has 0 unspecified atom stereocenters. The minimum absolute atomic E-state index is 0.827. The van der Waals surface area contributed by atoms with Gasteiger partial charge in [-0.2, -0.15) is 4.68 Å². The van der Waals surface area contributed by atoms with Crippen LogP contribution >= 0.6 is 0 Å². The van der Waals surface area contributed by atoms with Crippen LogP contribution < -0.4 is 4.90 Å². The van der Waals surface area contributed by atoms with Crippen LogP contribution in [0.25, 0.3) is 5.69 Å². The number of piperidine rings is 1. The number of anilines is 1. The predicted octanol–water partition coefficient (Wildman–Crippen LogP) is 2.68. The van der Waals surface area contributed by atoms with Crippen molar-refractivity contribution >= 4 is 5.95 Å². The predicted molar refractivity (Wildman–Crippen MR) is 81.4 cm³/mol. The second kappa shape index (κ2) is 5.47. The number of hydrogen-bond acceptors (Lipinski definition) is 4. The first-order valence-electron chi connectivity index (χ1n) is 8.00. The fraction of sp³-hybridized carbons (Fsp3) is 0.562. The van der Waals surface area contributed by atoms with Crippen molar-refractivity contribution in [2.75, 3.05) is 18.0 Å². The Kier molecular flexibility index (Phi) is 3.33. The van der Waals surface area contributed by atoms with Crippen molar-refractivity contribution in [1.29, 1.82) is 0 Å². The van der Waals surface area contributed by atoms with Crippen molar-refractivity contribution < 1.29 is 0 Å². The van der Waals surface area contributed by atoms with Crippen LogP contribution in [0.4, 0.5) is 5.95 Å². The van der Waals surface area contributed by atoms with Crippen molar-refractivity contribution in [1.82, 2.24) is 20.2 Å². The number of hydrogen-bond donors (Lipinski definition) is 0. The Morgan fingerprint density at radius 1 is 0.952 bits per heavy atom. The summed E-state index contributed by atoms with van der Waals surface area (Å²) in [6.45, 7) is 2.19. The third-order valence-electron chi connectivity index (χ3n) is 5.03. The molecule has 0 bridgehead atoms. The molecule has 4 rings (SSSR count). The maximum Gasteiger partial charge on any atom is 0.250 e. The van der Waals surface area contributed by atoms with Gasteiger partial charge in [-0.25, -0.2) is 0 Å². The number of fused-ring (bicyclic) bond motifs is 1. The second-order valence-corrected chi connectivity index (χ2v) is 6.27. The molecule has 2 aliphatic rings. The molecule has 1 aliphatic carbocycles. The highest BCUT2D eigenvalue weighted by molar-refractivity contribution is 5.40. The van der Waals surface area contributed by atoms with Gasteiger partial charge >= 0.3 is 0 Å². The van der Waals surface area contributed by atoms with Crippen LogP contribution in [0.3, 0.4) is 0 Å². The molecular weight excluding hydrogens is 262 g/mol. The summed E-state index contributed by atoms with van der Waals surface area (Å²) < 4.78 is 1.86. The molecule has 110 valence electrons. The lowest BCUT2D eigenvalue weighted by Gasteiger charge is -2.41. The van der Waals surface area contributed by atoms with E-state index in [0.717, 1.165) is 36.6 Å². The highest BCUT2D eigenvalue weighted by atomic mass is 15.6. The Balaban J connectivity index is 1.59. The van der Waals surface area contributed by atoms with Crippen LogP contribution in [0.5, 0.6) is 0 Å². The normalized spacial score (nSPS) is 25.6. The maximum absolute atomic E-state index is 4.28. The fourth-order valence-electron chi connectivity index (χ4n) is 3.90. The van der Waals surface area contributed by atoms with Crippen molar-refractivity contribution in [3.8, 4) is 5.69 Å². The van der Waals surface area contributed by atoms with Gasteiger partial charge in [0.05, 0.1) is 5.69 Å². The van der Waals surface area contributed by atoms with Gasteiger partial charge in [0.15, 0.2) is 0 Å². The zero-order valence-electron chi connectivity index (χ0n) is 12.2. The van der Waals surface area contributed by atoms with Gasteiger partial charge in [0, 0.05) is 13.1 Å². The lowest BCUT2D eigenvalue weighted by Crippen LogP contribution is -2.43. The van der Waals surface area contributed by atoms with Crippen molar-refractivity contribution in [2.45, 2.75) is 32.1 Å². The van der Waals surface area contributed by atoms with E-state index in [1.165, 1.54) is 32.1 Å². The van der Waals surface area contributed by atoms with E-state index in [2.05, 4.69) is 20.4 Å². The van der Waals surface area contributed by atoms with Crippen LogP contribution in [0, 0.1) is 11.8 Å². The zero-order chi connectivity index (χ0) is 14.1. The Bertz CT molecular complexity index is 594. The maximum atomic E-state index is 4.28. The van der Waals surface area contributed by atoms with Gasteiger partial charge in [-0.1, -0.05) is 42.6 Å². The Morgan fingerprint density at radius 3 is 2.62 bits per heavy atom. The molecule has 0 spiro atoms. The molecular formula is C16H21N5. The SMILES string of the molecule is c1ccc(-n2nnnc2N2CC[C@@H]3CCCC[C@@H]3C2)cc1. The van der Waals surface area contributed by atoms with E-state index >= 15 is 0 Å². The smallest absolute Gasteiger partial charge is 0.250 e. The average molecular weight is 283 g/mol. The van der Waals surface area contributed by atoms with E-state index in [-0.39, 0.29) is 0 Å². The number of rotatable bonds is 2. The first-order chi connectivity index (χ1) is 10.4. The Hall–Kier alpha value is -1.91. The van der Waals surface area contributed by atoms with Crippen LogP contribution in [0.2, 0.25) is 0 Å². The first-order valence-corrected chi connectivity index (χ1v) is 8.00. The minimum Gasteiger partial charge on any atom is -0.339 e. The van der Waals surface area contributed by atoms with Gasteiger partial charge in [0.2, 0.25) is 5.95 Å². The third-order valence-corrected chi connectivity index (χ3v) is 5.03. The largest absolute Gasteiger partial charge is 0.339 e. The highest BCUT2D eigenvalue weighted by Gasteiger charge is 2.32. The number of tetrazole rings is 1. The summed E-state index contributed by atoms with van der Waals surface area (Å²) in [7, 11) is 0. The molecule has 0 N–H and O–H groups in total. The average Bonchev–Trinajstić information content (AvgIpc) is 3.05. The number of aromatic nitrogens is 4. The molecule has 0 amide bonds. The summed E-state index contributed by atoms with van der Waals surface area (Å²) in [6, 6.07) is 10.2. The Morgan fingerprint density at radius 2 is 1.76 bits per heavy atom. The fourth-order valence-corrected chi connectivity index (χ4v) is 3.90. The van der Waals surface area contributed by atoms with E-state index in [9.17, 15) is 0 Å². The number of nitrogens with zero attached hydrogens (tertiary/aromatic N) is 5. The molecule has 2 aromatic rings. The topological polar surface area (TPSA) is 46.8 Å². The van der Waals surface area contributed by atoms with Gasteiger partial charge in [0.1, 0.15) is 0 Å². The summed E-state index contributed by atoms with van der Waals surface area (Å²) >= 11 is 0. The lowest BCUT2D eigenvalue weighted by atomic mass is 9.75. The minimum atomic E-state index is 0.827. The van der Waals surface area contributed by atoms with Crippen LogP contribution in [-0.4, -0.2) is 33.3 Å². The highest BCUT2D eigenvalue weighted by Crippen LogP contribution is 2.37. The monoisotopic (exact) mass is 283 g/mol. The molecule has 0 radical (unpaired) electrons. The molecule has 1 saturated heterocycles. The van der Waals surface area contributed by atoms with Crippen LogP contribution in [0.15, 0.2) is 30.3 Å². The van der Waals surface area contributed by atoms with Crippen molar-refractivity contribution in [3.05, 3.63) is 30.3 Å². The molecule has 1 saturated carbocycles. The number of benzene rings is 1. The van der Waals surface area contributed by atoms with E-state index < -0.39 is 0 Å². The summed E-state index contributed by atoms with van der Waals surface area (Å²) in [4.78, 5) is 2.37. The lowest BCUT2D eigenvalue weighted by molar-refractivity contribution is 0.201. The zero-order valence-corrected chi connectivity index (χ0v) is 12.2. The molecule has 1 aromatic carbocycles.